The van der Waals surface area contributed by atoms with Crippen molar-refractivity contribution in [3.8, 4) is 0 Å². The van der Waals surface area contributed by atoms with E-state index in [1.807, 2.05) is 115 Å². The summed E-state index contributed by atoms with van der Waals surface area (Å²) in [6.45, 7) is 2.04. The van der Waals surface area contributed by atoms with Crippen LogP contribution in [0.4, 0.5) is 5.69 Å². The van der Waals surface area contributed by atoms with E-state index in [1.54, 1.807) is 0 Å². The highest BCUT2D eigenvalue weighted by atomic mass is 32.2. The van der Waals surface area contributed by atoms with Crippen LogP contribution in [0.3, 0.4) is 0 Å². The molecule has 6 aromatic rings. The Morgan fingerprint density at radius 1 is 0.737 bits per heavy atom. The minimum Gasteiger partial charge on any atom is -0.322 e. The first-order valence-electron chi connectivity index (χ1n) is 12.7. The van der Waals surface area contributed by atoms with Gasteiger partial charge in [-0.25, -0.2) is 0 Å². The largest absolute Gasteiger partial charge is 0.322 e. The third-order valence-corrected chi connectivity index (χ3v) is 8.17. The highest BCUT2D eigenvalue weighted by Crippen LogP contribution is 2.33. The molecule has 0 radical (unpaired) electrons. The van der Waals surface area contributed by atoms with Crippen LogP contribution < -0.4 is 5.32 Å². The Kier molecular flexibility index (Phi) is 6.44. The van der Waals surface area contributed by atoms with Crippen LogP contribution in [0.2, 0.25) is 0 Å². The summed E-state index contributed by atoms with van der Waals surface area (Å²) in [6, 6.07) is 37.5. The molecule has 38 heavy (non-hydrogen) atoms. The van der Waals surface area contributed by atoms with Gasteiger partial charge in [0.05, 0.1) is 16.3 Å². The lowest BCUT2D eigenvalue weighted by Crippen LogP contribution is -2.23. The van der Waals surface area contributed by atoms with Crippen LogP contribution >= 0.6 is 11.8 Å². The van der Waals surface area contributed by atoms with E-state index < -0.39 is 0 Å². The molecule has 0 aliphatic rings. The summed E-state index contributed by atoms with van der Waals surface area (Å²) in [4.78, 5) is 27.8. The Morgan fingerprint density at radius 2 is 1.39 bits per heavy atom. The molecule has 186 valence electrons. The van der Waals surface area contributed by atoms with Crippen LogP contribution in [-0.4, -0.2) is 21.6 Å². The molecule has 0 saturated heterocycles. The normalized spacial score (nSPS) is 12.1. The molecule has 1 heterocycles. The molecule has 6 rings (SSSR count). The minimum atomic E-state index is -0.277. The van der Waals surface area contributed by atoms with E-state index in [0.717, 1.165) is 37.5 Å². The second-order valence-corrected chi connectivity index (χ2v) is 10.5. The van der Waals surface area contributed by atoms with Crippen molar-refractivity contribution in [3.63, 3.8) is 0 Å². The molecule has 0 spiro atoms. The van der Waals surface area contributed by atoms with Gasteiger partial charge in [-0.2, -0.15) is 0 Å². The predicted octanol–water partition coefficient (Wildman–Crippen LogP) is 8.41. The van der Waals surface area contributed by atoms with Crippen LogP contribution in [0.5, 0.6) is 0 Å². The molecule has 0 fully saturated rings. The monoisotopic (exact) mass is 514 g/mol. The maximum atomic E-state index is 13.9. The van der Waals surface area contributed by atoms with E-state index in [1.165, 1.54) is 11.8 Å². The first-order valence-corrected chi connectivity index (χ1v) is 13.6. The number of para-hydroxylation sites is 2. The molecule has 5 heteroatoms. The Morgan fingerprint density at radius 3 is 2.11 bits per heavy atom. The number of aromatic nitrogens is 1. The van der Waals surface area contributed by atoms with E-state index in [-0.39, 0.29) is 17.1 Å². The highest BCUT2D eigenvalue weighted by molar-refractivity contribution is 8.00. The highest BCUT2D eigenvalue weighted by Gasteiger charge is 2.24. The van der Waals surface area contributed by atoms with Crippen molar-refractivity contribution in [2.75, 3.05) is 5.32 Å². The maximum absolute atomic E-state index is 13.9. The second kappa shape index (κ2) is 10.2. The molecule has 1 N–H and O–H groups in total. The zero-order valence-electron chi connectivity index (χ0n) is 20.9. The summed E-state index contributed by atoms with van der Waals surface area (Å²) in [6.07, 6.45) is 0.679. The van der Waals surface area contributed by atoms with Crippen molar-refractivity contribution in [2.24, 2.45) is 0 Å². The first kappa shape index (κ1) is 24.0. The van der Waals surface area contributed by atoms with Gasteiger partial charge in [0, 0.05) is 26.9 Å². The average molecular weight is 515 g/mol. The van der Waals surface area contributed by atoms with Crippen molar-refractivity contribution in [1.82, 2.24) is 4.57 Å². The molecule has 0 aliphatic heterocycles. The lowest BCUT2D eigenvalue weighted by atomic mass is 10.1. The van der Waals surface area contributed by atoms with Crippen LogP contribution in [0.1, 0.15) is 28.5 Å². The number of carbonyl (C=O) groups is 2. The van der Waals surface area contributed by atoms with E-state index in [4.69, 9.17) is 0 Å². The molecular weight excluding hydrogens is 488 g/mol. The smallest absolute Gasteiger partial charge is 0.255 e. The van der Waals surface area contributed by atoms with Gasteiger partial charge in [0.2, 0.25) is 5.91 Å². The molecule has 0 bridgehead atoms. The summed E-state index contributed by atoms with van der Waals surface area (Å²) >= 11 is 1.53. The predicted molar refractivity (Wildman–Crippen MR) is 158 cm³/mol. The lowest BCUT2D eigenvalue weighted by Gasteiger charge is -2.16. The molecule has 4 nitrogen and oxygen atoms in total. The molecule has 5 aromatic carbocycles. The summed E-state index contributed by atoms with van der Waals surface area (Å²) in [5, 5.41) is 7.02. The van der Waals surface area contributed by atoms with Gasteiger partial charge in [-0.05, 0) is 59.7 Å². The van der Waals surface area contributed by atoms with E-state index in [2.05, 4.69) is 17.4 Å². The molecule has 1 aromatic heterocycles. The van der Waals surface area contributed by atoms with Gasteiger partial charge < -0.3 is 5.32 Å². The van der Waals surface area contributed by atoms with Gasteiger partial charge in [-0.15, -0.1) is 11.8 Å². The van der Waals surface area contributed by atoms with Crippen molar-refractivity contribution in [2.45, 2.75) is 23.5 Å². The van der Waals surface area contributed by atoms with Gasteiger partial charge in [0.25, 0.3) is 5.91 Å². The number of anilines is 1. The number of nitrogens with zero attached hydrogens (tertiary/aromatic N) is 1. The molecule has 1 atom stereocenters. The summed E-state index contributed by atoms with van der Waals surface area (Å²) in [5.41, 5.74) is 3.16. The SMILES string of the molecule is CCC(Sc1cccc(NC(=O)c2ccc3ccccc3c2)c1)C(=O)n1c2ccccc2c2ccccc21. The standard InChI is InChI=1S/C33H26N2O2S/c1-2-31(33(37)35-29-16-7-5-14-27(29)28-15-6-8-17-30(28)35)38-26-13-9-12-25(21-26)34-32(36)24-19-18-22-10-3-4-11-23(22)20-24/h3-21,31H,2H2,1H3,(H,34,36). The summed E-state index contributed by atoms with van der Waals surface area (Å²) < 4.78 is 1.86. The van der Waals surface area contributed by atoms with Crippen LogP contribution in [-0.2, 0) is 0 Å². The topological polar surface area (TPSA) is 51.1 Å². The molecule has 0 saturated carbocycles. The first-order chi connectivity index (χ1) is 18.6. The molecule has 1 amide bonds. The zero-order valence-corrected chi connectivity index (χ0v) is 21.7. The minimum absolute atomic E-state index is 0.0560. The van der Waals surface area contributed by atoms with Crippen LogP contribution in [0, 0.1) is 0 Å². The molecule has 0 aliphatic carbocycles. The van der Waals surface area contributed by atoms with Crippen molar-refractivity contribution in [1.29, 1.82) is 0 Å². The van der Waals surface area contributed by atoms with E-state index >= 15 is 0 Å². The number of carbonyl (C=O) groups excluding carboxylic acids is 2. The number of hydrogen-bond donors (Lipinski definition) is 1. The van der Waals surface area contributed by atoms with Gasteiger partial charge >= 0.3 is 0 Å². The van der Waals surface area contributed by atoms with E-state index in [9.17, 15) is 9.59 Å². The van der Waals surface area contributed by atoms with Gasteiger partial charge in [-0.3, -0.25) is 14.2 Å². The second-order valence-electron chi connectivity index (χ2n) is 9.27. The molecular formula is C33H26N2O2S. The van der Waals surface area contributed by atoms with Crippen LogP contribution in [0.25, 0.3) is 32.6 Å². The Hall–Kier alpha value is -4.35. The summed E-state index contributed by atoms with van der Waals surface area (Å²) in [5.74, 6) is -0.105. The fraction of sp³-hybridized carbons (Fsp3) is 0.0909. The Bertz CT molecular complexity index is 1770. The number of fused-ring (bicyclic) bond motifs is 4. The number of thioether (sulfide) groups is 1. The number of benzene rings is 5. The third-order valence-electron chi connectivity index (χ3n) is 6.83. The Balaban J connectivity index is 1.25. The number of amides is 1. The molecule has 1 unspecified atom stereocenters. The zero-order chi connectivity index (χ0) is 26.1. The number of nitrogens with one attached hydrogen (secondary N) is 1. The fourth-order valence-corrected chi connectivity index (χ4v) is 6.01. The summed E-state index contributed by atoms with van der Waals surface area (Å²) in [7, 11) is 0. The Labute approximate surface area is 225 Å². The van der Waals surface area contributed by atoms with Crippen molar-refractivity contribution in [3.05, 3.63) is 121 Å². The van der Waals surface area contributed by atoms with Gasteiger partial charge in [0.1, 0.15) is 0 Å². The average Bonchev–Trinajstić information content (AvgIpc) is 3.30. The number of rotatable bonds is 6. The maximum Gasteiger partial charge on any atom is 0.255 e. The van der Waals surface area contributed by atoms with Gasteiger partial charge in [0.15, 0.2) is 0 Å². The lowest BCUT2D eigenvalue weighted by molar-refractivity contribution is 0.0918. The van der Waals surface area contributed by atoms with Crippen LogP contribution in [0.15, 0.2) is 120 Å². The third kappa shape index (κ3) is 4.46. The van der Waals surface area contributed by atoms with Gasteiger partial charge in [-0.1, -0.05) is 79.7 Å². The quantitative estimate of drug-likeness (QED) is 0.227. The van der Waals surface area contributed by atoms with E-state index in [0.29, 0.717) is 17.7 Å². The van der Waals surface area contributed by atoms with Crippen molar-refractivity contribution < 1.29 is 9.59 Å². The fourth-order valence-electron chi connectivity index (χ4n) is 4.96. The number of hydrogen-bond acceptors (Lipinski definition) is 3. The van der Waals surface area contributed by atoms with Crippen molar-refractivity contribution >= 4 is 61.8 Å².